The fraction of sp³-hybridized carbons (Fsp3) is 0.385. The third kappa shape index (κ3) is 9.37. The van der Waals surface area contributed by atoms with Gasteiger partial charge in [0, 0.05) is 0 Å². The van der Waals surface area contributed by atoms with Gasteiger partial charge in [0.25, 0.3) is 0 Å². The Labute approximate surface area is 219 Å². The first-order valence-corrected chi connectivity index (χ1v) is 11.4. The molecule has 0 radical (unpaired) electrons. The van der Waals surface area contributed by atoms with Crippen LogP contribution in [0.4, 0.5) is 0 Å². The lowest BCUT2D eigenvalue weighted by Gasteiger charge is -2.11. The standard InChI is InChI=1S/C26H30O12/c1-31-23(27)17-11-18(24(28)32-2)14-21(13-17)37-9-7-35-5-6-36-8-10-38-22-15-19(25(29)33-3)12-20(16-22)26(30)34-4/h11-16H,5-10H2,1-4H3. The summed E-state index contributed by atoms with van der Waals surface area (Å²) in [4.78, 5) is 47.3. The fourth-order valence-electron chi connectivity index (χ4n) is 3.07. The van der Waals surface area contributed by atoms with Crippen molar-refractivity contribution in [3.8, 4) is 11.5 Å². The summed E-state index contributed by atoms with van der Waals surface area (Å²) in [6.45, 7) is 1.34. The third-order valence-corrected chi connectivity index (χ3v) is 4.86. The molecule has 0 unspecified atom stereocenters. The highest BCUT2D eigenvalue weighted by Gasteiger charge is 2.15. The predicted octanol–water partition coefficient (Wildman–Crippen LogP) is 2.32. The van der Waals surface area contributed by atoms with Crippen LogP contribution < -0.4 is 9.47 Å². The zero-order valence-electron chi connectivity index (χ0n) is 21.6. The van der Waals surface area contributed by atoms with Crippen molar-refractivity contribution >= 4 is 23.9 Å². The molecule has 0 spiro atoms. The minimum absolute atomic E-state index is 0.153. The van der Waals surface area contributed by atoms with Crippen molar-refractivity contribution in [1.82, 2.24) is 0 Å². The summed E-state index contributed by atoms with van der Waals surface area (Å²) in [5, 5.41) is 0. The number of hydrogen-bond acceptors (Lipinski definition) is 12. The minimum atomic E-state index is -0.613. The van der Waals surface area contributed by atoms with Gasteiger partial charge >= 0.3 is 23.9 Å². The molecule has 38 heavy (non-hydrogen) atoms. The molecule has 0 amide bonds. The number of ether oxygens (including phenoxy) is 8. The maximum Gasteiger partial charge on any atom is 0.338 e. The number of benzene rings is 2. The summed E-state index contributed by atoms with van der Waals surface area (Å²) in [6, 6.07) is 8.53. The summed E-state index contributed by atoms with van der Waals surface area (Å²) in [5.41, 5.74) is 0.613. The van der Waals surface area contributed by atoms with Gasteiger partial charge in [-0.3, -0.25) is 0 Å². The van der Waals surface area contributed by atoms with E-state index in [0.717, 1.165) is 0 Å². The first kappa shape index (κ1) is 30.1. The number of esters is 4. The van der Waals surface area contributed by atoms with Gasteiger partial charge in [-0.2, -0.15) is 0 Å². The van der Waals surface area contributed by atoms with E-state index in [1.54, 1.807) is 0 Å². The highest BCUT2D eigenvalue weighted by molar-refractivity contribution is 5.96. The van der Waals surface area contributed by atoms with Crippen LogP contribution in [0.25, 0.3) is 0 Å². The summed E-state index contributed by atoms with van der Waals surface area (Å²) < 4.78 is 40.8. The number of methoxy groups -OCH3 is 4. The highest BCUT2D eigenvalue weighted by Crippen LogP contribution is 2.20. The Bertz CT molecular complexity index is 955. The average molecular weight is 535 g/mol. The normalized spacial score (nSPS) is 10.3. The van der Waals surface area contributed by atoms with Gasteiger partial charge in [0.1, 0.15) is 24.7 Å². The lowest BCUT2D eigenvalue weighted by molar-refractivity contribution is 0.0273. The molecule has 0 aliphatic heterocycles. The molecule has 2 aromatic carbocycles. The zero-order chi connectivity index (χ0) is 27.9. The molecule has 0 heterocycles. The largest absolute Gasteiger partial charge is 0.491 e. The molecule has 0 aliphatic rings. The Balaban J connectivity index is 1.71. The predicted molar refractivity (Wildman–Crippen MR) is 131 cm³/mol. The third-order valence-electron chi connectivity index (χ3n) is 4.86. The van der Waals surface area contributed by atoms with Crippen molar-refractivity contribution < 1.29 is 57.1 Å². The lowest BCUT2D eigenvalue weighted by Crippen LogP contribution is -2.14. The van der Waals surface area contributed by atoms with E-state index in [1.165, 1.54) is 64.8 Å². The van der Waals surface area contributed by atoms with Crippen molar-refractivity contribution in [2.24, 2.45) is 0 Å². The van der Waals surface area contributed by atoms with E-state index in [4.69, 9.17) is 37.9 Å². The Hall–Kier alpha value is -4.16. The number of hydrogen-bond donors (Lipinski definition) is 0. The van der Waals surface area contributed by atoms with Crippen LogP contribution in [0, 0.1) is 0 Å². The lowest BCUT2D eigenvalue weighted by atomic mass is 10.1. The molecule has 0 aromatic heterocycles. The van der Waals surface area contributed by atoms with Crippen LogP contribution >= 0.6 is 0 Å². The van der Waals surface area contributed by atoms with Gasteiger partial charge in [-0.15, -0.1) is 0 Å². The first-order valence-electron chi connectivity index (χ1n) is 11.4. The van der Waals surface area contributed by atoms with E-state index in [0.29, 0.717) is 0 Å². The zero-order valence-corrected chi connectivity index (χ0v) is 21.6. The molecule has 206 valence electrons. The smallest absolute Gasteiger partial charge is 0.338 e. The van der Waals surface area contributed by atoms with Crippen molar-refractivity contribution in [3.63, 3.8) is 0 Å². The molecule has 0 bridgehead atoms. The van der Waals surface area contributed by atoms with Crippen molar-refractivity contribution in [2.45, 2.75) is 0 Å². The second kappa shape index (κ2) is 15.8. The van der Waals surface area contributed by atoms with E-state index in [1.807, 2.05) is 0 Å². The van der Waals surface area contributed by atoms with E-state index in [2.05, 4.69) is 0 Å². The second-order valence-electron chi connectivity index (χ2n) is 7.38. The molecule has 0 aliphatic carbocycles. The van der Waals surface area contributed by atoms with Gasteiger partial charge < -0.3 is 37.9 Å². The van der Waals surface area contributed by atoms with Gasteiger partial charge in [-0.25, -0.2) is 19.2 Å². The molecule has 12 nitrogen and oxygen atoms in total. The van der Waals surface area contributed by atoms with Crippen LogP contribution in [0.15, 0.2) is 36.4 Å². The number of rotatable bonds is 15. The van der Waals surface area contributed by atoms with Crippen molar-refractivity contribution in [3.05, 3.63) is 58.7 Å². The van der Waals surface area contributed by atoms with Crippen LogP contribution in [0.3, 0.4) is 0 Å². The molecule has 2 rings (SSSR count). The molecule has 0 fully saturated rings. The van der Waals surface area contributed by atoms with Gasteiger partial charge in [0.2, 0.25) is 0 Å². The van der Waals surface area contributed by atoms with Gasteiger partial charge in [0.05, 0.1) is 77.1 Å². The molecule has 0 atom stereocenters. The van der Waals surface area contributed by atoms with Crippen LogP contribution in [-0.2, 0) is 28.4 Å². The van der Waals surface area contributed by atoms with Crippen LogP contribution in [0.2, 0.25) is 0 Å². The maximum absolute atomic E-state index is 11.8. The van der Waals surface area contributed by atoms with Gasteiger partial charge in [-0.1, -0.05) is 0 Å². The van der Waals surface area contributed by atoms with Crippen molar-refractivity contribution in [2.75, 3.05) is 68.1 Å². The molecule has 0 N–H and O–H groups in total. The monoisotopic (exact) mass is 534 g/mol. The van der Waals surface area contributed by atoms with Crippen LogP contribution in [0.5, 0.6) is 11.5 Å². The van der Waals surface area contributed by atoms with Gasteiger partial charge in [0.15, 0.2) is 0 Å². The highest BCUT2D eigenvalue weighted by atomic mass is 16.6. The fourth-order valence-corrected chi connectivity index (χ4v) is 3.07. The van der Waals surface area contributed by atoms with E-state index < -0.39 is 23.9 Å². The average Bonchev–Trinajstić information content (AvgIpc) is 2.95. The Kier molecular flexibility index (Phi) is 12.5. The second-order valence-corrected chi connectivity index (χ2v) is 7.38. The van der Waals surface area contributed by atoms with Crippen LogP contribution in [0.1, 0.15) is 41.4 Å². The molecule has 0 saturated heterocycles. The SMILES string of the molecule is COC(=O)c1cc(OCCOCCOCCOc2cc(C(=O)OC)cc(C(=O)OC)c2)cc(C(=O)OC)c1. The molecule has 0 saturated carbocycles. The number of carbonyl (C=O) groups is 4. The summed E-state index contributed by atoms with van der Waals surface area (Å²) in [7, 11) is 4.94. The van der Waals surface area contributed by atoms with Crippen molar-refractivity contribution in [1.29, 1.82) is 0 Å². The Morgan fingerprint density at radius 3 is 0.974 bits per heavy atom. The Morgan fingerprint density at radius 1 is 0.447 bits per heavy atom. The Morgan fingerprint density at radius 2 is 0.711 bits per heavy atom. The summed E-state index contributed by atoms with van der Waals surface area (Å²) in [6.07, 6.45) is 0. The molecular formula is C26H30O12. The minimum Gasteiger partial charge on any atom is -0.491 e. The molecular weight excluding hydrogens is 504 g/mol. The molecule has 2 aromatic rings. The van der Waals surface area contributed by atoms with E-state index in [-0.39, 0.29) is 73.4 Å². The number of carbonyl (C=O) groups excluding carboxylic acids is 4. The summed E-state index contributed by atoms with van der Waals surface area (Å²) >= 11 is 0. The maximum atomic E-state index is 11.8. The molecule has 12 heteroatoms. The van der Waals surface area contributed by atoms with E-state index >= 15 is 0 Å². The quantitative estimate of drug-likeness (QED) is 0.188. The van der Waals surface area contributed by atoms with Gasteiger partial charge in [-0.05, 0) is 36.4 Å². The topological polar surface area (TPSA) is 142 Å². The van der Waals surface area contributed by atoms with Crippen LogP contribution in [-0.4, -0.2) is 92.0 Å². The first-order chi connectivity index (χ1) is 18.3. The van der Waals surface area contributed by atoms with E-state index in [9.17, 15) is 19.2 Å². The summed E-state index contributed by atoms with van der Waals surface area (Å²) in [5.74, 6) is -1.87.